The van der Waals surface area contributed by atoms with E-state index < -0.39 is 5.60 Å². The molecule has 0 spiro atoms. The molecule has 1 aliphatic rings. The predicted molar refractivity (Wildman–Crippen MR) is 87.3 cm³/mol. The summed E-state index contributed by atoms with van der Waals surface area (Å²) in [6.07, 6.45) is -0.307. The summed E-state index contributed by atoms with van der Waals surface area (Å²) in [6.45, 7) is 6.63. The molecule has 0 N–H and O–H groups in total. The smallest absolute Gasteiger partial charge is 0.410 e. The highest BCUT2D eigenvalue weighted by Gasteiger charge is 2.29. The van der Waals surface area contributed by atoms with E-state index in [1.807, 2.05) is 39.0 Å². The van der Waals surface area contributed by atoms with Crippen LogP contribution in [0.15, 0.2) is 42.5 Å². The number of hydrogen-bond acceptors (Lipinski definition) is 2. The zero-order valence-electron chi connectivity index (χ0n) is 13.6. The van der Waals surface area contributed by atoms with Crippen molar-refractivity contribution in [2.24, 2.45) is 0 Å². The molecule has 1 aliphatic heterocycles. The normalized spacial score (nSPS) is 13.8. The maximum atomic E-state index is 13.1. The quantitative estimate of drug-likeness (QED) is 0.761. The van der Waals surface area contributed by atoms with E-state index in [0.29, 0.717) is 13.1 Å². The van der Waals surface area contributed by atoms with Crippen molar-refractivity contribution in [3.8, 4) is 11.1 Å². The third kappa shape index (κ3) is 3.36. The van der Waals surface area contributed by atoms with Crippen molar-refractivity contribution in [3.63, 3.8) is 0 Å². The van der Waals surface area contributed by atoms with Crippen LogP contribution in [0.4, 0.5) is 9.18 Å². The molecule has 3 nitrogen and oxygen atoms in total. The van der Waals surface area contributed by atoms with Crippen molar-refractivity contribution >= 4 is 6.09 Å². The lowest BCUT2D eigenvalue weighted by atomic mass is 9.97. The minimum atomic E-state index is -0.508. The van der Waals surface area contributed by atoms with Crippen LogP contribution in [0.3, 0.4) is 0 Å². The molecule has 3 rings (SSSR count). The minimum absolute atomic E-state index is 0.253. The van der Waals surface area contributed by atoms with Gasteiger partial charge in [-0.05, 0) is 55.2 Å². The molecule has 120 valence electrons. The third-order valence-electron chi connectivity index (χ3n) is 3.79. The lowest BCUT2D eigenvalue weighted by Crippen LogP contribution is -2.33. The van der Waals surface area contributed by atoms with Crippen LogP contribution in [0.1, 0.15) is 31.9 Å². The van der Waals surface area contributed by atoms with Crippen LogP contribution in [0, 0.1) is 5.82 Å². The first-order chi connectivity index (χ1) is 10.8. The summed E-state index contributed by atoms with van der Waals surface area (Å²) in [4.78, 5) is 14.0. The SMILES string of the molecule is CC(C)(C)OC(=O)N1Cc2cccc(-c3ccc(F)cc3)c2C1. The first-order valence-corrected chi connectivity index (χ1v) is 7.68. The fourth-order valence-corrected chi connectivity index (χ4v) is 2.78. The molecule has 0 fully saturated rings. The van der Waals surface area contributed by atoms with Gasteiger partial charge in [0.15, 0.2) is 0 Å². The summed E-state index contributed by atoms with van der Waals surface area (Å²) in [5, 5.41) is 0. The lowest BCUT2D eigenvalue weighted by molar-refractivity contribution is 0.0242. The van der Waals surface area contributed by atoms with Gasteiger partial charge in [-0.1, -0.05) is 30.3 Å². The molecule has 0 aliphatic carbocycles. The van der Waals surface area contributed by atoms with E-state index in [9.17, 15) is 9.18 Å². The molecular weight excluding hydrogens is 293 g/mol. The molecule has 4 heteroatoms. The van der Waals surface area contributed by atoms with Crippen LogP contribution >= 0.6 is 0 Å². The average molecular weight is 313 g/mol. The molecular formula is C19H20FNO2. The van der Waals surface area contributed by atoms with Gasteiger partial charge in [0.1, 0.15) is 11.4 Å². The van der Waals surface area contributed by atoms with Gasteiger partial charge in [0.05, 0.1) is 6.54 Å². The Morgan fingerprint density at radius 2 is 1.78 bits per heavy atom. The summed E-state index contributed by atoms with van der Waals surface area (Å²) < 4.78 is 18.6. The van der Waals surface area contributed by atoms with Crippen molar-refractivity contribution in [2.75, 3.05) is 0 Å². The van der Waals surface area contributed by atoms with Crippen molar-refractivity contribution in [2.45, 2.75) is 39.5 Å². The van der Waals surface area contributed by atoms with Crippen molar-refractivity contribution in [1.82, 2.24) is 4.90 Å². The van der Waals surface area contributed by atoms with Crippen molar-refractivity contribution < 1.29 is 13.9 Å². The fraction of sp³-hybridized carbons (Fsp3) is 0.316. The summed E-state index contributed by atoms with van der Waals surface area (Å²) in [7, 11) is 0. The molecule has 0 aromatic heterocycles. The predicted octanol–water partition coefficient (Wildman–Crippen LogP) is 4.74. The zero-order chi connectivity index (χ0) is 16.6. The zero-order valence-corrected chi connectivity index (χ0v) is 13.6. The second-order valence-corrected chi connectivity index (χ2v) is 6.79. The maximum absolute atomic E-state index is 13.1. The fourth-order valence-electron chi connectivity index (χ4n) is 2.78. The summed E-state index contributed by atoms with van der Waals surface area (Å²) in [5.41, 5.74) is 3.69. The Hall–Kier alpha value is -2.36. The summed E-state index contributed by atoms with van der Waals surface area (Å²) in [5.74, 6) is -0.253. The van der Waals surface area contributed by atoms with Crippen molar-refractivity contribution in [3.05, 3.63) is 59.4 Å². The van der Waals surface area contributed by atoms with Crippen molar-refractivity contribution in [1.29, 1.82) is 0 Å². The van der Waals surface area contributed by atoms with E-state index in [1.165, 1.54) is 12.1 Å². The molecule has 0 bridgehead atoms. The number of carbonyl (C=O) groups excluding carboxylic acids is 1. The van der Waals surface area contributed by atoms with E-state index in [2.05, 4.69) is 0 Å². The number of benzene rings is 2. The Balaban J connectivity index is 1.87. The molecule has 1 heterocycles. The highest BCUT2D eigenvalue weighted by Crippen LogP contribution is 2.33. The Labute approximate surface area is 135 Å². The highest BCUT2D eigenvalue weighted by molar-refractivity contribution is 5.74. The number of amides is 1. The number of halogens is 1. The Morgan fingerprint density at radius 1 is 1.09 bits per heavy atom. The van der Waals surface area contributed by atoms with Crippen LogP contribution < -0.4 is 0 Å². The van der Waals surface area contributed by atoms with Gasteiger partial charge >= 0.3 is 6.09 Å². The summed E-state index contributed by atoms with van der Waals surface area (Å²) >= 11 is 0. The van der Waals surface area contributed by atoms with Gasteiger partial charge in [0, 0.05) is 6.54 Å². The standard InChI is InChI=1S/C19H20FNO2/c1-19(2,3)23-18(22)21-11-14-5-4-6-16(17(14)12-21)13-7-9-15(20)10-8-13/h4-10H,11-12H2,1-3H3. The number of carbonyl (C=O) groups is 1. The number of ether oxygens (including phenoxy) is 1. The molecule has 0 radical (unpaired) electrons. The topological polar surface area (TPSA) is 29.5 Å². The monoisotopic (exact) mass is 313 g/mol. The van der Waals surface area contributed by atoms with Gasteiger partial charge in [0.25, 0.3) is 0 Å². The van der Waals surface area contributed by atoms with Crippen LogP contribution in [0.5, 0.6) is 0 Å². The second kappa shape index (κ2) is 5.69. The third-order valence-corrected chi connectivity index (χ3v) is 3.79. The number of rotatable bonds is 1. The molecule has 0 saturated carbocycles. The van der Waals surface area contributed by atoms with E-state index in [4.69, 9.17) is 4.74 Å². The van der Waals surface area contributed by atoms with Gasteiger partial charge in [-0.15, -0.1) is 0 Å². The lowest BCUT2D eigenvalue weighted by Gasteiger charge is -2.24. The molecule has 0 saturated heterocycles. The highest BCUT2D eigenvalue weighted by atomic mass is 19.1. The summed E-state index contributed by atoms with van der Waals surface area (Å²) in [6, 6.07) is 12.4. The Kier molecular flexibility index (Phi) is 3.84. The number of nitrogens with zero attached hydrogens (tertiary/aromatic N) is 1. The molecule has 0 unspecified atom stereocenters. The van der Waals surface area contributed by atoms with Gasteiger partial charge in [-0.3, -0.25) is 4.90 Å². The maximum Gasteiger partial charge on any atom is 0.410 e. The van der Waals surface area contributed by atoms with E-state index in [0.717, 1.165) is 22.3 Å². The first-order valence-electron chi connectivity index (χ1n) is 7.68. The Morgan fingerprint density at radius 3 is 2.43 bits per heavy atom. The van der Waals surface area contributed by atoms with Gasteiger partial charge in [-0.2, -0.15) is 0 Å². The van der Waals surface area contributed by atoms with Crippen LogP contribution in [-0.2, 0) is 17.8 Å². The van der Waals surface area contributed by atoms with E-state index in [-0.39, 0.29) is 11.9 Å². The minimum Gasteiger partial charge on any atom is -0.444 e. The van der Waals surface area contributed by atoms with Gasteiger partial charge in [-0.25, -0.2) is 9.18 Å². The van der Waals surface area contributed by atoms with Crippen LogP contribution in [0.2, 0.25) is 0 Å². The van der Waals surface area contributed by atoms with E-state index in [1.54, 1.807) is 17.0 Å². The van der Waals surface area contributed by atoms with Crippen LogP contribution in [0.25, 0.3) is 11.1 Å². The van der Waals surface area contributed by atoms with Gasteiger partial charge in [0.2, 0.25) is 0 Å². The number of hydrogen-bond donors (Lipinski definition) is 0. The molecule has 1 amide bonds. The second-order valence-electron chi connectivity index (χ2n) is 6.79. The molecule has 2 aromatic rings. The molecule has 2 aromatic carbocycles. The molecule has 0 atom stereocenters. The van der Waals surface area contributed by atoms with Crippen LogP contribution in [-0.4, -0.2) is 16.6 Å². The first kappa shape index (κ1) is 15.5. The molecule has 23 heavy (non-hydrogen) atoms. The Bertz CT molecular complexity index is 732. The van der Waals surface area contributed by atoms with Gasteiger partial charge < -0.3 is 4.74 Å². The average Bonchev–Trinajstić information content (AvgIpc) is 2.90. The largest absolute Gasteiger partial charge is 0.444 e. The van der Waals surface area contributed by atoms with E-state index >= 15 is 0 Å². The number of fused-ring (bicyclic) bond motifs is 1.